The van der Waals surface area contributed by atoms with Crippen LogP contribution in [-0.2, 0) is 21.4 Å². The zero-order valence-electron chi connectivity index (χ0n) is 17.9. The second-order valence-electron chi connectivity index (χ2n) is 9.35. The lowest BCUT2D eigenvalue weighted by Gasteiger charge is -2.67. The van der Waals surface area contributed by atoms with E-state index in [0.29, 0.717) is 11.1 Å². The number of hydrogen-bond donors (Lipinski definition) is 3. The van der Waals surface area contributed by atoms with Gasteiger partial charge in [0.25, 0.3) is 0 Å². The van der Waals surface area contributed by atoms with E-state index in [2.05, 4.69) is 0 Å². The number of carbonyl (C=O) groups is 2. The molecule has 194 valence electrons. The normalized spacial score (nSPS) is 34.9. The molecule has 0 aromatic heterocycles. The molecule has 1 saturated heterocycles. The molecule has 35 heavy (non-hydrogen) atoms. The zero-order valence-corrected chi connectivity index (χ0v) is 17.9. The van der Waals surface area contributed by atoms with Crippen molar-refractivity contribution in [3.63, 3.8) is 0 Å². The Morgan fingerprint density at radius 1 is 1.20 bits per heavy atom. The summed E-state index contributed by atoms with van der Waals surface area (Å²) in [5.74, 6) is -2.95. The minimum atomic E-state index is -5.08. The molecule has 5 rings (SSSR count). The lowest BCUT2D eigenvalue weighted by Crippen LogP contribution is -2.80. The molecule has 4 aliphatic rings. The van der Waals surface area contributed by atoms with Crippen molar-refractivity contribution >= 4 is 11.8 Å². The number of alkyl halides is 6. The van der Waals surface area contributed by atoms with Gasteiger partial charge in [-0.1, -0.05) is 6.07 Å². The predicted molar refractivity (Wildman–Crippen MR) is 103 cm³/mol. The summed E-state index contributed by atoms with van der Waals surface area (Å²) in [5, 5.41) is 42.7. The van der Waals surface area contributed by atoms with Crippen LogP contribution in [0.2, 0.25) is 0 Å². The van der Waals surface area contributed by atoms with Gasteiger partial charge in [-0.25, -0.2) is 4.79 Å². The Kier molecular flexibility index (Phi) is 5.62. The molecule has 2 aliphatic heterocycles. The summed E-state index contributed by atoms with van der Waals surface area (Å²) in [7, 11) is 0. The standard InChI is InChI=1S/C19H20F3NO5.C2HF3O2/c20-19(21,22)6-8-23(27)7-5-17-14-10-1-2-11(24)15(14)28-16(17)12(25)3-4-18(17,26)13(23)9-10;3-2(4,5)1(6)7/h1-2,13,16,24,26H,3-9H2;(H,6,7)/t13-,16+,17+,18?,23+;/m1./s1. The maximum absolute atomic E-state index is 13.6. The number of rotatable bonds is 2. The van der Waals surface area contributed by atoms with E-state index < -0.39 is 59.1 Å². The van der Waals surface area contributed by atoms with E-state index in [1.165, 1.54) is 6.07 Å². The fraction of sp³-hybridized carbons (Fsp3) is 0.619. The van der Waals surface area contributed by atoms with Gasteiger partial charge in [-0.15, -0.1) is 0 Å². The molecule has 1 unspecified atom stereocenters. The Labute approximate surface area is 193 Å². The third-order valence-electron chi connectivity index (χ3n) is 7.60. The number of halogens is 6. The van der Waals surface area contributed by atoms with E-state index in [9.17, 15) is 46.6 Å². The monoisotopic (exact) mass is 513 g/mol. The largest absolute Gasteiger partial charge is 0.633 e. The molecule has 5 atom stereocenters. The highest BCUT2D eigenvalue weighted by molar-refractivity contribution is 5.90. The Bertz CT molecular complexity index is 1080. The second-order valence-corrected chi connectivity index (χ2v) is 9.35. The number of phenolic OH excluding ortho intramolecular Hbond substituents is 1. The number of ether oxygens (including phenoxy) is 1. The summed E-state index contributed by atoms with van der Waals surface area (Å²) < 4.78 is 74.9. The number of aliphatic hydroxyl groups is 1. The molecule has 1 spiro atoms. The Morgan fingerprint density at radius 2 is 1.83 bits per heavy atom. The van der Waals surface area contributed by atoms with Crippen molar-refractivity contribution in [1.29, 1.82) is 0 Å². The van der Waals surface area contributed by atoms with Crippen molar-refractivity contribution in [3.05, 3.63) is 28.5 Å². The van der Waals surface area contributed by atoms with Crippen molar-refractivity contribution in [3.8, 4) is 11.5 Å². The Balaban J connectivity index is 0.000000364. The molecule has 0 radical (unpaired) electrons. The van der Waals surface area contributed by atoms with Gasteiger partial charge in [0, 0.05) is 24.8 Å². The van der Waals surface area contributed by atoms with Crippen LogP contribution in [0.3, 0.4) is 0 Å². The number of piperidine rings is 1. The van der Waals surface area contributed by atoms with E-state index in [-0.39, 0.29) is 49.5 Å². The molecular weight excluding hydrogens is 492 g/mol. The number of hydroxylamine groups is 3. The van der Waals surface area contributed by atoms with Gasteiger partial charge in [0.2, 0.25) is 0 Å². The number of aromatic hydroxyl groups is 1. The first-order chi connectivity index (χ1) is 16.0. The molecule has 1 saturated carbocycles. The summed E-state index contributed by atoms with van der Waals surface area (Å²) in [5.41, 5.74) is -1.61. The fourth-order valence-corrected chi connectivity index (χ4v) is 6.17. The van der Waals surface area contributed by atoms with Gasteiger partial charge in [0.05, 0.1) is 24.9 Å². The van der Waals surface area contributed by atoms with Crippen molar-refractivity contribution in [1.82, 2.24) is 0 Å². The highest BCUT2D eigenvalue weighted by Gasteiger charge is 2.76. The minimum Gasteiger partial charge on any atom is -0.633 e. The van der Waals surface area contributed by atoms with Crippen LogP contribution in [0.15, 0.2) is 12.1 Å². The van der Waals surface area contributed by atoms with Gasteiger partial charge in [-0.05, 0) is 18.1 Å². The third kappa shape index (κ3) is 3.73. The number of phenols is 1. The number of quaternary nitrogens is 1. The van der Waals surface area contributed by atoms with Crippen LogP contribution in [0, 0.1) is 5.21 Å². The molecule has 2 heterocycles. The summed E-state index contributed by atoms with van der Waals surface area (Å²) in [6, 6.07) is 2.01. The van der Waals surface area contributed by atoms with Crippen LogP contribution in [-0.4, -0.2) is 74.9 Å². The van der Waals surface area contributed by atoms with E-state index >= 15 is 0 Å². The molecule has 3 N–H and O–H groups in total. The smallest absolute Gasteiger partial charge is 0.490 e. The number of carboxylic acids is 1. The molecule has 0 amide bonds. The third-order valence-corrected chi connectivity index (χ3v) is 7.60. The number of likely N-dealkylation sites (tertiary alicyclic amines) is 1. The number of carbonyl (C=O) groups excluding carboxylic acids is 1. The number of carboxylic acid groups (broad SMARTS) is 1. The van der Waals surface area contributed by atoms with Gasteiger partial charge in [-0.3, -0.25) is 4.79 Å². The summed E-state index contributed by atoms with van der Waals surface area (Å²) >= 11 is 0. The zero-order chi connectivity index (χ0) is 26.2. The predicted octanol–water partition coefficient (Wildman–Crippen LogP) is 2.71. The first-order valence-electron chi connectivity index (χ1n) is 10.7. The van der Waals surface area contributed by atoms with Crippen LogP contribution < -0.4 is 4.74 Å². The molecule has 2 bridgehead atoms. The van der Waals surface area contributed by atoms with Crippen molar-refractivity contribution < 1.29 is 60.6 Å². The van der Waals surface area contributed by atoms with Gasteiger partial charge in [0.1, 0.15) is 11.6 Å². The highest BCUT2D eigenvalue weighted by Crippen LogP contribution is 2.65. The van der Waals surface area contributed by atoms with Crippen LogP contribution in [0.4, 0.5) is 26.3 Å². The SMILES string of the molecule is O=C(O)C(F)(F)F.O=C1CCC2(O)[C@H]3Cc4ccc(O)c5c4[C@@]2(CC[N@+]3([O-])CCC(F)(F)F)[C@H]1O5. The molecule has 8 nitrogen and oxygen atoms in total. The van der Waals surface area contributed by atoms with E-state index in [0.717, 1.165) is 0 Å². The minimum absolute atomic E-state index is 0.0111. The van der Waals surface area contributed by atoms with Gasteiger partial charge < -0.3 is 29.9 Å². The quantitative estimate of drug-likeness (QED) is 0.315. The van der Waals surface area contributed by atoms with E-state index in [4.69, 9.17) is 14.6 Å². The van der Waals surface area contributed by atoms with E-state index in [1.54, 1.807) is 6.07 Å². The number of Topliss-reactive ketones (excluding diaryl/α,β-unsaturated/α-hetero) is 1. The van der Waals surface area contributed by atoms with Gasteiger partial charge >= 0.3 is 18.3 Å². The van der Waals surface area contributed by atoms with Crippen molar-refractivity contribution in [2.45, 2.75) is 67.6 Å². The number of benzene rings is 1. The van der Waals surface area contributed by atoms with Crippen LogP contribution in [0.1, 0.15) is 36.8 Å². The second kappa shape index (κ2) is 7.71. The molecule has 1 aromatic rings. The number of nitrogens with zero attached hydrogens (tertiary/aromatic N) is 1. The van der Waals surface area contributed by atoms with Crippen molar-refractivity contribution in [2.75, 3.05) is 13.1 Å². The maximum atomic E-state index is 13.6. The average molecular weight is 513 g/mol. The van der Waals surface area contributed by atoms with Gasteiger partial charge in [0.15, 0.2) is 23.4 Å². The molecule has 1 aromatic carbocycles. The molecule has 2 aliphatic carbocycles. The lowest BCUT2D eigenvalue weighted by molar-refractivity contribution is -0.923. The van der Waals surface area contributed by atoms with Crippen LogP contribution in [0.25, 0.3) is 0 Å². The highest BCUT2D eigenvalue weighted by atomic mass is 19.4. The number of ketones is 1. The average Bonchev–Trinajstić information content (AvgIpc) is 3.10. The molecule has 14 heteroatoms. The Hall–Kier alpha value is -2.58. The number of aliphatic carboxylic acids is 1. The van der Waals surface area contributed by atoms with Crippen LogP contribution in [0.5, 0.6) is 11.5 Å². The maximum Gasteiger partial charge on any atom is 0.490 e. The fourth-order valence-electron chi connectivity index (χ4n) is 6.17. The first-order valence-corrected chi connectivity index (χ1v) is 10.7. The summed E-state index contributed by atoms with van der Waals surface area (Å²) in [6.07, 6.45) is -11.6. The molecular formula is C21H21F6NO7. The number of hydrogen-bond acceptors (Lipinski definition) is 6. The van der Waals surface area contributed by atoms with E-state index in [1.807, 2.05) is 0 Å². The summed E-state index contributed by atoms with van der Waals surface area (Å²) in [4.78, 5) is 21.5. The topological polar surface area (TPSA) is 127 Å². The first kappa shape index (κ1) is 25.5. The van der Waals surface area contributed by atoms with Crippen molar-refractivity contribution in [2.24, 2.45) is 0 Å². The Morgan fingerprint density at radius 3 is 2.40 bits per heavy atom. The van der Waals surface area contributed by atoms with Gasteiger partial charge in [-0.2, -0.15) is 26.3 Å². The lowest BCUT2D eigenvalue weighted by atomic mass is 9.49. The molecule has 2 fully saturated rings. The summed E-state index contributed by atoms with van der Waals surface area (Å²) in [6.45, 7) is -0.795. The van der Waals surface area contributed by atoms with Crippen LogP contribution >= 0.6 is 0 Å².